The van der Waals surface area contributed by atoms with Gasteiger partial charge in [0.25, 0.3) is 0 Å². The quantitative estimate of drug-likeness (QED) is 0.182. The van der Waals surface area contributed by atoms with Gasteiger partial charge in [0.1, 0.15) is 0 Å². The van der Waals surface area contributed by atoms with E-state index >= 15 is 0 Å². The summed E-state index contributed by atoms with van der Waals surface area (Å²) in [6, 6.07) is 59.7. The summed E-state index contributed by atoms with van der Waals surface area (Å²) in [5.74, 6) is 0.676. The number of hydrogen-bond donors (Lipinski definition) is 0. The zero-order valence-corrected chi connectivity index (χ0v) is 31.2. The molecular formula is C51H33N3S. The van der Waals surface area contributed by atoms with Gasteiger partial charge >= 0.3 is 0 Å². The van der Waals surface area contributed by atoms with Crippen LogP contribution in [0.25, 0.3) is 103 Å². The summed E-state index contributed by atoms with van der Waals surface area (Å²) in [6.45, 7) is 4.67. The molecule has 12 rings (SSSR count). The SMILES string of the molecule is CC1(C)c2ccccc2-c2ccc(-c3nc(-n4c5ccccc5c5c6ccc(-c7cccc8c7sc7ccccc78)cc6ccc54)nc4ccccc34)cc21. The minimum absolute atomic E-state index is 0.105. The van der Waals surface area contributed by atoms with E-state index in [2.05, 4.69) is 182 Å². The third-order valence-electron chi connectivity index (χ3n) is 12.0. The number of para-hydroxylation sites is 2. The van der Waals surface area contributed by atoms with E-state index in [0.29, 0.717) is 5.95 Å². The van der Waals surface area contributed by atoms with E-state index in [1.165, 1.54) is 75.1 Å². The highest BCUT2D eigenvalue weighted by atomic mass is 32.1. The summed E-state index contributed by atoms with van der Waals surface area (Å²) in [7, 11) is 0. The van der Waals surface area contributed by atoms with Crippen molar-refractivity contribution in [3.8, 4) is 39.5 Å². The molecule has 0 saturated heterocycles. The van der Waals surface area contributed by atoms with Crippen molar-refractivity contribution >= 4 is 75.0 Å². The van der Waals surface area contributed by atoms with E-state index in [-0.39, 0.29) is 5.41 Å². The Hall–Kier alpha value is -6.62. The number of nitrogens with zero attached hydrogens (tertiary/aromatic N) is 3. The largest absolute Gasteiger partial charge is 0.278 e. The molecule has 0 unspecified atom stereocenters. The number of thiophene rings is 1. The average Bonchev–Trinajstić information content (AvgIpc) is 3.86. The Morgan fingerprint density at radius 1 is 0.491 bits per heavy atom. The molecule has 258 valence electrons. The van der Waals surface area contributed by atoms with Gasteiger partial charge in [-0.2, -0.15) is 0 Å². The van der Waals surface area contributed by atoms with E-state index < -0.39 is 0 Å². The number of fused-ring (bicyclic) bond motifs is 12. The first kappa shape index (κ1) is 30.8. The first-order valence-corrected chi connectivity index (χ1v) is 19.7. The Kier molecular flexibility index (Phi) is 6.27. The minimum Gasteiger partial charge on any atom is -0.278 e. The van der Waals surface area contributed by atoms with E-state index in [1.54, 1.807) is 0 Å². The molecule has 4 heteroatoms. The number of aromatic nitrogens is 3. The van der Waals surface area contributed by atoms with Crippen LogP contribution in [0.2, 0.25) is 0 Å². The van der Waals surface area contributed by atoms with Crippen molar-refractivity contribution in [2.45, 2.75) is 19.3 Å². The molecule has 11 aromatic rings. The molecule has 3 heterocycles. The summed E-state index contributed by atoms with van der Waals surface area (Å²) in [4.78, 5) is 10.7. The van der Waals surface area contributed by atoms with Crippen LogP contribution in [-0.4, -0.2) is 14.5 Å². The third kappa shape index (κ3) is 4.31. The molecule has 0 spiro atoms. The van der Waals surface area contributed by atoms with Gasteiger partial charge in [-0.1, -0.05) is 141 Å². The Morgan fingerprint density at radius 2 is 1.22 bits per heavy atom. The van der Waals surface area contributed by atoms with Crippen LogP contribution in [0, 0.1) is 0 Å². The molecule has 0 fully saturated rings. The molecule has 55 heavy (non-hydrogen) atoms. The molecule has 0 saturated carbocycles. The van der Waals surface area contributed by atoms with Crippen molar-refractivity contribution in [2.75, 3.05) is 0 Å². The number of rotatable bonds is 3. The van der Waals surface area contributed by atoms with Gasteiger partial charge in [-0.25, -0.2) is 9.97 Å². The summed E-state index contributed by atoms with van der Waals surface area (Å²) in [5.41, 5.74) is 12.9. The second-order valence-electron chi connectivity index (χ2n) is 15.3. The molecule has 0 bridgehead atoms. The van der Waals surface area contributed by atoms with Crippen molar-refractivity contribution < 1.29 is 0 Å². The standard InChI is InChI=1S/C51H33N3S/c1-51(2)41-18-7-3-12-35(41)36-26-23-32(29-42(36)51)48-39-14-4-8-19-43(39)52-50(53-48)54-44-20-9-5-15-40(44)47-33-25-22-31(28-30(33)24-27-45(47)54)34-16-11-17-38-37-13-6-10-21-46(37)55-49(34)38/h3-29H,1-2H3. The topological polar surface area (TPSA) is 30.7 Å². The van der Waals surface area contributed by atoms with Crippen LogP contribution in [0.4, 0.5) is 0 Å². The second-order valence-corrected chi connectivity index (χ2v) is 16.4. The molecule has 0 aliphatic heterocycles. The first-order chi connectivity index (χ1) is 27.0. The number of hydrogen-bond acceptors (Lipinski definition) is 3. The maximum absolute atomic E-state index is 5.47. The fourth-order valence-corrected chi connectivity index (χ4v) is 10.6. The molecule has 1 aliphatic carbocycles. The Bertz CT molecular complexity index is 3420. The van der Waals surface area contributed by atoms with Gasteiger partial charge in [0.15, 0.2) is 0 Å². The molecule has 0 amide bonds. The maximum atomic E-state index is 5.47. The lowest BCUT2D eigenvalue weighted by molar-refractivity contribution is 0.660. The van der Waals surface area contributed by atoms with Gasteiger partial charge in [0.2, 0.25) is 5.95 Å². The summed E-state index contributed by atoms with van der Waals surface area (Å²) in [5, 5.41) is 8.54. The van der Waals surface area contributed by atoms with Crippen molar-refractivity contribution in [1.29, 1.82) is 0 Å². The molecule has 0 N–H and O–H groups in total. The lowest BCUT2D eigenvalue weighted by Crippen LogP contribution is -2.15. The Balaban J connectivity index is 1.06. The average molecular weight is 720 g/mol. The first-order valence-electron chi connectivity index (χ1n) is 18.9. The predicted molar refractivity (Wildman–Crippen MR) is 233 cm³/mol. The predicted octanol–water partition coefficient (Wildman–Crippen LogP) is 13.9. The van der Waals surface area contributed by atoms with Crippen LogP contribution in [0.1, 0.15) is 25.0 Å². The molecule has 8 aromatic carbocycles. The van der Waals surface area contributed by atoms with Crippen LogP contribution in [-0.2, 0) is 5.41 Å². The van der Waals surface area contributed by atoms with Crippen LogP contribution >= 0.6 is 11.3 Å². The maximum Gasteiger partial charge on any atom is 0.235 e. The number of benzene rings is 8. The molecule has 3 aromatic heterocycles. The zero-order valence-electron chi connectivity index (χ0n) is 30.3. The van der Waals surface area contributed by atoms with Gasteiger partial charge in [-0.05, 0) is 80.6 Å². The fraction of sp³-hybridized carbons (Fsp3) is 0.0588. The van der Waals surface area contributed by atoms with Gasteiger partial charge in [-0.15, -0.1) is 11.3 Å². The zero-order chi connectivity index (χ0) is 36.4. The van der Waals surface area contributed by atoms with Crippen molar-refractivity contribution in [2.24, 2.45) is 0 Å². The monoisotopic (exact) mass is 719 g/mol. The smallest absolute Gasteiger partial charge is 0.235 e. The highest BCUT2D eigenvalue weighted by molar-refractivity contribution is 7.26. The van der Waals surface area contributed by atoms with Gasteiger partial charge in [-0.3, -0.25) is 4.57 Å². The highest BCUT2D eigenvalue weighted by Gasteiger charge is 2.35. The van der Waals surface area contributed by atoms with Crippen LogP contribution in [0.15, 0.2) is 164 Å². The third-order valence-corrected chi connectivity index (χ3v) is 13.2. The minimum atomic E-state index is -0.105. The van der Waals surface area contributed by atoms with Crippen molar-refractivity contribution in [1.82, 2.24) is 14.5 Å². The normalized spacial score (nSPS) is 13.4. The lowest BCUT2D eigenvalue weighted by Gasteiger charge is -2.22. The summed E-state index contributed by atoms with van der Waals surface area (Å²) < 4.78 is 4.92. The molecule has 0 radical (unpaired) electrons. The Labute approximate surface area is 321 Å². The highest BCUT2D eigenvalue weighted by Crippen LogP contribution is 2.50. The van der Waals surface area contributed by atoms with Gasteiger partial charge < -0.3 is 0 Å². The summed E-state index contributed by atoms with van der Waals surface area (Å²) >= 11 is 1.88. The van der Waals surface area contributed by atoms with E-state index in [1.807, 2.05) is 11.3 Å². The van der Waals surface area contributed by atoms with E-state index in [4.69, 9.17) is 9.97 Å². The van der Waals surface area contributed by atoms with E-state index in [0.717, 1.165) is 33.2 Å². The van der Waals surface area contributed by atoms with Gasteiger partial charge in [0, 0.05) is 47.3 Å². The lowest BCUT2D eigenvalue weighted by atomic mass is 9.82. The van der Waals surface area contributed by atoms with Gasteiger partial charge in [0.05, 0.1) is 22.2 Å². The fourth-order valence-electron chi connectivity index (χ4n) is 9.39. The van der Waals surface area contributed by atoms with Crippen molar-refractivity contribution in [3.05, 3.63) is 175 Å². The van der Waals surface area contributed by atoms with E-state index in [9.17, 15) is 0 Å². The molecule has 0 atom stereocenters. The van der Waals surface area contributed by atoms with Crippen LogP contribution in [0.5, 0.6) is 0 Å². The molecular weight excluding hydrogens is 687 g/mol. The second kappa shape index (κ2) is 11.2. The molecule has 1 aliphatic rings. The van der Waals surface area contributed by atoms with Crippen LogP contribution < -0.4 is 0 Å². The van der Waals surface area contributed by atoms with Crippen LogP contribution in [0.3, 0.4) is 0 Å². The summed E-state index contributed by atoms with van der Waals surface area (Å²) in [6.07, 6.45) is 0. The Morgan fingerprint density at radius 3 is 2.15 bits per heavy atom. The van der Waals surface area contributed by atoms with Crippen molar-refractivity contribution in [3.63, 3.8) is 0 Å². The molecule has 3 nitrogen and oxygen atoms in total.